The lowest BCUT2D eigenvalue weighted by molar-refractivity contribution is 0.0293. The van der Waals surface area contributed by atoms with Gasteiger partial charge in [-0.1, -0.05) is 0 Å². The molecule has 1 saturated heterocycles. The van der Waals surface area contributed by atoms with Crippen molar-refractivity contribution in [1.82, 2.24) is 5.32 Å². The second-order valence-electron chi connectivity index (χ2n) is 4.05. The van der Waals surface area contributed by atoms with Crippen molar-refractivity contribution in [3.63, 3.8) is 0 Å². The van der Waals surface area contributed by atoms with Crippen molar-refractivity contribution in [2.24, 2.45) is 0 Å². The lowest BCUT2D eigenvalue weighted by Gasteiger charge is -2.32. The van der Waals surface area contributed by atoms with Crippen molar-refractivity contribution in [2.45, 2.75) is 18.4 Å². The van der Waals surface area contributed by atoms with Crippen molar-refractivity contribution < 1.29 is 18.3 Å². The highest BCUT2D eigenvalue weighted by atomic mass is 32.2. The summed E-state index contributed by atoms with van der Waals surface area (Å²) >= 11 is 0. The molecular formula is C9H19NO4S. The summed E-state index contributed by atoms with van der Waals surface area (Å²) < 4.78 is 27.2. The zero-order valence-corrected chi connectivity index (χ0v) is 9.85. The molecule has 0 spiro atoms. The Hall–Kier alpha value is -0.170. The topological polar surface area (TPSA) is 75.6 Å². The van der Waals surface area contributed by atoms with Gasteiger partial charge in [0.25, 0.3) is 0 Å². The second kappa shape index (κ2) is 5.25. The van der Waals surface area contributed by atoms with Gasteiger partial charge in [0.2, 0.25) is 0 Å². The van der Waals surface area contributed by atoms with E-state index < -0.39 is 15.4 Å². The van der Waals surface area contributed by atoms with E-state index in [-0.39, 0.29) is 11.5 Å². The van der Waals surface area contributed by atoms with Crippen LogP contribution in [0.1, 0.15) is 12.8 Å². The van der Waals surface area contributed by atoms with Crippen LogP contribution in [0.5, 0.6) is 0 Å². The lowest BCUT2D eigenvalue weighted by atomic mass is 9.97. The molecule has 15 heavy (non-hydrogen) atoms. The number of aliphatic hydroxyl groups is 1. The summed E-state index contributed by atoms with van der Waals surface area (Å²) in [6, 6.07) is 0. The normalized spacial score (nSPS) is 23.9. The fraction of sp³-hybridized carbons (Fsp3) is 1.00. The minimum atomic E-state index is -2.90. The van der Waals surface area contributed by atoms with E-state index >= 15 is 0 Å². The number of ether oxygens (including phenoxy) is 1. The van der Waals surface area contributed by atoms with Gasteiger partial charge in [0.1, 0.15) is 0 Å². The van der Waals surface area contributed by atoms with Crippen molar-refractivity contribution in [3.05, 3.63) is 0 Å². The summed E-state index contributed by atoms with van der Waals surface area (Å²) in [7, 11) is -1.29. The molecule has 0 bridgehead atoms. The summed E-state index contributed by atoms with van der Waals surface area (Å²) in [5, 5.41) is 13.1. The number of nitrogens with one attached hydrogen (secondary N) is 1. The number of methoxy groups -OCH3 is 1. The van der Waals surface area contributed by atoms with Crippen LogP contribution in [0.4, 0.5) is 0 Å². The molecule has 0 atom stereocenters. The van der Waals surface area contributed by atoms with Crippen LogP contribution in [0, 0.1) is 0 Å². The highest BCUT2D eigenvalue weighted by Gasteiger charge is 2.34. The predicted octanol–water partition coefficient (Wildman–Crippen LogP) is -0.838. The Balaban J connectivity index is 2.29. The quantitative estimate of drug-likeness (QED) is 0.610. The molecule has 0 saturated carbocycles. The minimum Gasteiger partial charge on any atom is -0.388 e. The van der Waals surface area contributed by atoms with Crippen LogP contribution in [0.2, 0.25) is 0 Å². The molecule has 0 amide bonds. The number of sulfone groups is 1. The molecule has 90 valence electrons. The third-order valence-corrected chi connectivity index (χ3v) is 4.35. The SMILES string of the molecule is COCCNCC1(O)CCS(=O)(=O)CC1. The molecule has 1 aliphatic heterocycles. The first-order chi connectivity index (χ1) is 6.97. The molecule has 5 nitrogen and oxygen atoms in total. The van der Waals surface area contributed by atoms with Crippen LogP contribution < -0.4 is 5.32 Å². The third-order valence-electron chi connectivity index (χ3n) is 2.69. The van der Waals surface area contributed by atoms with Crippen molar-refractivity contribution in [2.75, 3.05) is 38.3 Å². The Labute approximate surface area is 90.7 Å². The molecule has 6 heteroatoms. The van der Waals surface area contributed by atoms with E-state index in [1.807, 2.05) is 0 Å². The fourth-order valence-electron chi connectivity index (χ4n) is 1.59. The summed E-state index contributed by atoms with van der Waals surface area (Å²) in [4.78, 5) is 0. The van der Waals surface area contributed by atoms with Gasteiger partial charge in [-0.25, -0.2) is 8.42 Å². The first kappa shape index (κ1) is 12.9. The Morgan fingerprint density at radius 3 is 2.53 bits per heavy atom. The third kappa shape index (κ3) is 4.46. The van der Waals surface area contributed by atoms with Gasteiger partial charge in [-0.05, 0) is 12.8 Å². The Morgan fingerprint density at radius 1 is 1.40 bits per heavy atom. The van der Waals surface area contributed by atoms with Gasteiger partial charge < -0.3 is 15.2 Å². The molecule has 0 aromatic carbocycles. The number of hydrogen-bond acceptors (Lipinski definition) is 5. The highest BCUT2D eigenvalue weighted by Crippen LogP contribution is 2.22. The molecule has 0 radical (unpaired) electrons. The van der Waals surface area contributed by atoms with Crippen LogP contribution in [0.25, 0.3) is 0 Å². The van der Waals surface area contributed by atoms with Crippen LogP contribution >= 0.6 is 0 Å². The van der Waals surface area contributed by atoms with Gasteiger partial charge in [-0.15, -0.1) is 0 Å². The molecule has 1 fully saturated rings. The van der Waals surface area contributed by atoms with E-state index in [9.17, 15) is 13.5 Å². The molecule has 1 heterocycles. The van der Waals surface area contributed by atoms with Crippen molar-refractivity contribution in [3.8, 4) is 0 Å². The predicted molar refractivity (Wildman–Crippen MR) is 57.6 cm³/mol. The Morgan fingerprint density at radius 2 is 2.00 bits per heavy atom. The molecule has 1 rings (SSSR count). The van der Waals surface area contributed by atoms with Gasteiger partial charge in [0.05, 0.1) is 23.7 Å². The molecule has 0 aromatic heterocycles. The standard InChI is InChI=1S/C9H19NO4S/c1-14-5-4-10-8-9(11)2-6-15(12,13)7-3-9/h10-11H,2-8H2,1H3. The van der Waals surface area contributed by atoms with Crippen LogP contribution in [-0.4, -0.2) is 57.4 Å². The van der Waals surface area contributed by atoms with Gasteiger partial charge in [-0.3, -0.25) is 0 Å². The average Bonchev–Trinajstić information content (AvgIpc) is 2.19. The number of hydrogen-bond donors (Lipinski definition) is 2. The first-order valence-electron chi connectivity index (χ1n) is 5.10. The van der Waals surface area contributed by atoms with Gasteiger partial charge >= 0.3 is 0 Å². The monoisotopic (exact) mass is 237 g/mol. The highest BCUT2D eigenvalue weighted by molar-refractivity contribution is 7.91. The molecule has 1 aliphatic rings. The second-order valence-corrected chi connectivity index (χ2v) is 6.35. The lowest BCUT2D eigenvalue weighted by Crippen LogP contribution is -2.47. The fourth-order valence-corrected chi connectivity index (χ4v) is 3.18. The smallest absolute Gasteiger partial charge is 0.150 e. The van der Waals surface area contributed by atoms with E-state index in [4.69, 9.17) is 4.74 Å². The van der Waals surface area contributed by atoms with Crippen LogP contribution in [-0.2, 0) is 14.6 Å². The number of rotatable bonds is 5. The van der Waals surface area contributed by atoms with Gasteiger partial charge in [0.15, 0.2) is 9.84 Å². The Bertz CT molecular complexity index is 274. The van der Waals surface area contributed by atoms with Gasteiger partial charge in [-0.2, -0.15) is 0 Å². The van der Waals surface area contributed by atoms with Crippen LogP contribution in [0.3, 0.4) is 0 Å². The maximum atomic E-state index is 11.2. The molecule has 2 N–H and O–H groups in total. The molecular weight excluding hydrogens is 218 g/mol. The average molecular weight is 237 g/mol. The van der Waals surface area contributed by atoms with E-state index in [0.29, 0.717) is 32.5 Å². The van der Waals surface area contributed by atoms with Crippen molar-refractivity contribution in [1.29, 1.82) is 0 Å². The van der Waals surface area contributed by atoms with Crippen molar-refractivity contribution >= 4 is 9.84 Å². The zero-order valence-electron chi connectivity index (χ0n) is 9.03. The van der Waals surface area contributed by atoms with E-state index in [1.54, 1.807) is 7.11 Å². The maximum absolute atomic E-state index is 11.2. The summed E-state index contributed by atoms with van der Waals surface area (Å²) in [5.74, 6) is 0.185. The van der Waals surface area contributed by atoms with E-state index in [0.717, 1.165) is 0 Å². The molecule has 0 aliphatic carbocycles. The maximum Gasteiger partial charge on any atom is 0.150 e. The van der Waals surface area contributed by atoms with E-state index in [2.05, 4.69) is 5.32 Å². The minimum absolute atomic E-state index is 0.0927. The first-order valence-corrected chi connectivity index (χ1v) is 6.92. The summed E-state index contributed by atoms with van der Waals surface area (Å²) in [6.07, 6.45) is 0.657. The van der Waals surface area contributed by atoms with E-state index in [1.165, 1.54) is 0 Å². The van der Waals surface area contributed by atoms with Gasteiger partial charge in [0, 0.05) is 20.2 Å². The molecule has 0 aromatic rings. The Kier molecular flexibility index (Phi) is 4.51. The molecule has 0 unspecified atom stereocenters. The summed E-state index contributed by atoms with van der Waals surface area (Å²) in [5.41, 5.74) is -0.862. The zero-order chi connectivity index (χ0) is 11.4. The largest absolute Gasteiger partial charge is 0.388 e. The summed E-state index contributed by atoms with van der Waals surface area (Å²) in [6.45, 7) is 1.70. The van der Waals surface area contributed by atoms with Crippen LogP contribution in [0.15, 0.2) is 0 Å².